The summed E-state index contributed by atoms with van der Waals surface area (Å²) in [6.45, 7) is 3.68. The first-order chi connectivity index (χ1) is 12.2. The van der Waals surface area contributed by atoms with Crippen LogP contribution in [0.2, 0.25) is 0 Å². The Morgan fingerprint density at radius 3 is 2.56 bits per heavy atom. The van der Waals surface area contributed by atoms with E-state index in [1.165, 1.54) is 25.7 Å². The molecule has 0 atom stereocenters. The van der Waals surface area contributed by atoms with Crippen molar-refractivity contribution in [1.29, 1.82) is 0 Å². The number of hydrogen-bond acceptors (Lipinski definition) is 4. The van der Waals surface area contributed by atoms with Crippen molar-refractivity contribution < 1.29 is 9.59 Å². The monoisotopic (exact) mass is 359 g/mol. The molecule has 1 saturated carbocycles. The number of carbonyl (C=O) groups is 2. The molecule has 0 bridgehead atoms. The lowest BCUT2D eigenvalue weighted by Gasteiger charge is -2.39. The van der Waals surface area contributed by atoms with Crippen LogP contribution in [0.25, 0.3) is 0 Å². The van der Waals surface area contributed by atoms with Crippen LogP contribution in [0.3, 0.4) is 0 Å². The average molecular weight is 359 g/mol. The van der Waals surface area contributed by atoms with Gasteiger partial charge in [0.05, 0.1) is 11.4 Å². The molecular formula is C19H25N3O2S. The molecule has 5 nitrogen and oxygen atoms in total. The summed E-state index contributed by atoms with van der Waals surface area (Å²) in [5.41, 5.74) is 0.877. The number of piperazine rings is 1. The quantitative estimate of drug-likeness (QED) is 0.830. The highest BCUT2D eigenvalue weighted by atomic mass is 32.2. The van der Waals surface area contributed by atoms with Gasteiger partial charge in [0, 0.05) is 37.1 Å². The third-order valence-electron chi connectivity index (χ3n) is 5.61. The van der Waals surface area contributed by atoms with Crippen molar-refractivity contribution in [3.05, 3.63) is 24.3 Å². The van der Waals surface area contributed by atoms with E-state index in [4.69, 9.17) is 0 Å². The number of fused-ring (bicyclic) bond motifs is 1. The Balaban J connectivity index is 1.37. The van der Waals surface area contributed by atoms with E-state index in [0.717, 1.165) is 42.8 Å². The van der Waals surface area contributed by atoms with Crippen molar-refractivity contribution in [2.24, 2.45) is 0 Å². The minimum atomic E-state index is 0.0293. The van der Waals surface area contributed by atoms with Gasteiger partial charge in [-0.1, -0.05) is 25.0 Å². The maximum atomic E-state index is 12.8. The molecule has 2 amide bonds. The molecule has 0 radical (unpaired) electrons. The standard InChI is InChI=1S/C19H25N3O2S/c23-18(21-11-9-20(10-12-21)15-5-1-2-6-15)13-22-16-7-3-4-8-17(16)25-14-19(22)24/h3-4,7-8,15H,1-2,5-6,9-14H2. The van der Waals surface area contributed by atoms with Gasteiger partial charge in [-0.05, 0) is 25.0 Å². The molecule has 0 aromatic heterocycles. The van der Waals surface area contributed by atoms with Gasteiger partial charge >= 0.3 is 0 Å². The minimum absolute atomic E-state index is 0.0293. The van der Waals surface area contributed by atoms with Crippen molar-refractivity contribution >= 4 is 29.3 Å². The molecule has 2 heterocycles. The second-order valence-electron chi connectivity index (χ2n) is 7.09. The molecule has 1 aliphatic carbocycles. The van der Waals surface area contributed by atoms with Crippen molar-refractivity contribution in [3.63, 3.8) is 0 Å². The van der Waals surface area contributed by atoms with Crippen molar-refractivity contribution in [2.75, 3.05) is 43.4 Å². The molecule has 1 saturated heterocycles. The lowest BCUT2D eigenvalue weighted by atomic mass is 10.2. The normalized spacial score (nSPS) is 22.3. The SMILES string of the molecule is O=C(CN1C(=O)CSc2ccccc21)N1CCN(C2CCCC2)CC1. The molecule has 6 heteroatoms. The third-order valence-corrected chi connectivity index (χ3v) is 6.66. The fourth-order valence-electron chi connectivity index (χ4n) is 4.17. The van der Waals surface area contributed by atoms with Crippen LogP contribution in [0.4, 0.5) is 5.69 Å². The van der Waals surface area contributed by atoms with E-state index in [1.807, 2.05) is 29.2 Å². The highest BCUT2D eigenvalue weighted by Gasteiger charge is 2.31. The fourth-order valence-corrected chi connectivity index (χ4v) is 5.10. The van der Waals surface area contributed by atoms with Gasteiger partial charge in [-0.2, -0.15) is 0 Å². The number of hydrogen-bond donors (Lipinski definition) is 0. The van der Waals surface area contributed by atoms with Crippen LogP contribution < -0.4 is 4.90 Å². The highest BCUT2D eigenvalue weighted by Crippen LogP contribution is 2.34. The predicted molar refractivity (Wildman–Crippen MR) is 99.9 cm³/mol. The average Bonchev–Trinajstić information content (AvgIpc) is 3.19. The van der Waals surface area contributed by atoms with Crippen molar-refractivity contribution in [3.8, 4) is 0 Å². The number of carbonyl (C=O) groups excluding carboxylic acids is 2. The summed E-state index contributed by atoms with van der Waals surface area (Å²) in [4.78, 5) is 32.3. The molecule has 4 rings (SSSR count). The van der Waals surface area contributed by atoms with Gasteiger partial charge in [0.2, 0.25) is 11.8 Å². The predicted octanol–water partition coefficient (Wildman–Crippen LogP) is 2.21. The fraction of sp³-hybridized carbons (Fsp3) is 0.579. The Bertz CT molecular complexity index is 652. The van der Waals surface area contributed by atoms with Crippen LogP contribution in [0.1, 0.15) is 25.7 Å². The summed E-state index contributed by atoms with van der Waals surface area (Å²) < 4.78 is 0. The van der Waals surface area contributed by atoms with Crippen molar-refractivity contribution in [2.45, 2.75) is 36.6 Å². The first-order valence-electron chi connectivity index (χ1n) is 9.26. The maximum Gasteiger partial charge on any atom is 0.242 e. The van der Waals surface area contributed by atoms with Crippen LogP contribution in [0.5, 0.6) is 0 Å². The molecule has 2 aliphatic heterocycles. The van der Waals surface area contributed by atoms with Gasteiger partial charge < -0.3 is 9.80 Å². The Labute approximate surface area is 153 Å². The lowest BCUT2D eigenvalue weighted by Crippen LogP contribution is -2.54. The summed E-state index contributed by atoms with van der Waals surface area (Å²) >= 11 is 1.55. The Hall–Kier alpha value is -1.53. The smallest absolute Gasteiger partial charge is 0.242 e. The van der Waals surface area contributed by atoms with Crippen LogP contribution in [0, 0.1) is 0 Å². The first-order valence-corrected chi connectivity index (χ1v) is 10.2. The zero-order chi connectivity index (χ0) is 17.2. The second-order valence-corrected chi connectivity index (χ2v) is 8.11. The molecule has 0 N–H and O–H groups in total. The lowest BCUT2D eigenvalue weighted by molar-refractivity contribution is -0.133. The molecule has 2 fully saturated rings. The molecular weight excluding hydrogens is 334 g/mol. The van der Waals surface area contributed by atoms with Gasteiger partial charge in [-0.15, -0.1) is 11.8 Å². The van der Waals surface area contributed by atoms with Crippen LogP contribution in [-0.4, -0.2) is 66.1 Å². The topological polar surface area (TPSA) is 43.9 Å². The largest absolute Gasteiger partial charge is 0.339 e. The van der Waals surface area contributed by atoms with E-state index < -0.39 is 0 Å². The van der Waals surface area contributed by atoms with Gasteiger partial charge in [0.25, 0.3) is 0 Å². The number of nitrogens with zero attached hydrogens (tertiary/aromatic N) is 3. The molecule has 25 heavy (non-hydrogen) atoms. The van der Waals surface area contributed by atoms with Gasteiger partial charge in [0.1, 0.15) is 6.54 Å². The van der Waals surface area contributed by atoms with E-state index in [-0.39, 0.29) is 18.4 Å². The molecule has 3 aliphatic rings. The summed E-state index contributed by atoms with van der Waals surface area (Å²) in [7, 11) is 0. The summed E-state index contributed by atoms with van der Waals surface area (Å²) in [6.07, 6.45) is 5.31. The van der Waals surface area contributed by atoms with Crippen LogP contribution >= 0.6 is 11.8 Å². The van der Waals surface area contributed by atoms with E-state index in [9.17, 15) is 9.59 Å². The molecule has 0 spiro atoms. The summed E-state index contributed by atoms with van der Waals surface area (Å²) in [5.74, 6) is 0.516. The Morgan fingerprint density at radius 2 is 1.80 bits per heavy atom. The van der Waals surface area contributed by atoms with Crippen LogP contribution in [0.15, 0.2) is 29.2 Å². The molecule has 1 aromatic carbocycles. The van der Waals surface area contributed by atoms with E-state index in [1.54, 1.807) is 16.7 Å². The molecule has 0 unspecified atom stereocenters. The minimum Gasteiger partial charge on any atom is -0.339 e. The number of amides is 2. The summed E-state index contributed by atoms with van der Waals surface area (Å²) in [6, 6.07) is 8.58. The zero-order valence-corrected chi connectivity index (χ0v) is 15.3. The van der Waals surface area contributed by atoms with Crippen molar-refractivity contribution in [1.82, 2.24) is 9.80 Å². The van der Waals surface area contributed by atoms with Gasteiger partial charge in [-0.3, -0.25) is 14.5 Å². The Kier molecular flexibility index (Phi) is 4.99. The number of rotatable bonds is 3. The third kappa shape index (κ3) is 3.55. The van der Waals surface area contributed by atoms with Gasteiger partial charge in [0.15, 0.2) is 0 Å². The second kappa shape index (κ2) is 7.38. The molecule has 134 valence electrons. The molecule has 1 aromatic rings. The van der Waals surface area contributed by atoms with E-state index in [0.29, 0.717) is 5.75 Å². The number of anilines is 1. The van der Waals surface area contributed by atoms with E-state index >= 15 is 0 Å². The maximum absolute atomic E-state index is 12.8. The number of para-hydroxylation sites is 1. The van der Waals surface area contributed by atoms with Crippen LogP contribution in [-0.2, 0) is 9.59 Å². The van der Waals surface area contributed by atoms with E-state index in [2.05, 4.69) is 4.90 Å². The highest BCUT2D eigenvalue weighted by molar-refractivity contribution is 8.00. The summed E-state index contributed by atoms with van der Waals surface area (Å²) in [5, 5.41) is 0. The number of thioether (sulfide) groups is 1. The first kappa shape index (κ1) is 16.9. The zero-order valence-electron chi connectivity index (χ0n) is 14.5. The number of benzene rings is 1. The van der Waals surface area contributed by atoms with Gasteiger partial charge in [-0.25, -0.2) is 0 Å². The Morgan fingerprint density at radius 1 is 1.08 bits per heavy atom.